The van der Waals surface area contributed by atoms with Crippen molar-refractivity contribution in [3.63, 3.8) is 0 Å². The molecule has 1 aliphatic heterocycles. The number of ether oxygens (including phenoxy) is 1. The monoisotopic (exact) mass is 314 g/mol. The Hall–Kier alpha value is -0.950. The first kappa shape index (κ1) is 9.29. The van der Waals surface area contributed by atoms with Crippen molar-refractivity contribution in [2.24, 2.45) is 0 Å². The Balaban J connectivity index is 2.06. The van der Waals surface area contributed by atoms with Crippen molar-refractivity contribution < 1.29 is 9.15 Å². The zero-order valence-electron chi connectivity index (χ0n) is 7.74. The molecule has 0 N–H and O–H groups in total. The smallest absolute Gasteiger partial charge is 0.278 e. The van der Waals surface area contributed by atoms with Crippen LogP contribution in [0.3, 0.4) is 0 Å². The first-order chi connectivity index (χ1) is 7.33. The molecule has 4 nitrogen and oxygen atoms in total. The minimum absolute atomic E-state index is 0.555. The first-order valence-corrected chi connectivity index (χ1v) is 5.60. The SMILES string of the molecule is Ic1nnc(-c2ccc3c(c2)COC3)o1. The third-order valence-electron chi connectivity index (χ3n) is 2.37. The van der Waals surface area contributed by atoms with Crippen LogP contribution in [-0.4, -0.2) is 10.2 Å². The van der Waals surface area contributed by atoms with E-state index >= 15 is 0 Å². The highest BCUT2D eigenvalue weighted by molar-refractivity contribution is 14.1. The van der Waals surface area contributed by atoms with Crippen LogP contribution in [0.5, 0.6) is 0 Å². The molecule has 2 heterocycles. The van der Waals surface area contributed by atoms with Gasteiger partial charge in [0.25, 0.3) is 3.90 Å². The molecule has 0 unspecified atom stereocenters. The van der Waals surface area contributed by atoms with Crippen LogP contribution in [0.4, 0.5) is 0 Å². The maximum Gasteiger partial charge on any atom is 0.278 e. The van der Waals surface area contributed by atoms with Gasteiger partial charge in [0.1, 0.15) is 0 Å². The Kier molecular flexibility index (Phi) is 2.21. The maximum atomic E-state index is 5.35. The number of halogens is 1. The van der Waals surface area contributed by atoms with Crippen LogP contribution in [0.25, 0.3) is 11.5 Å². The molecule has 5 heteroatoms. The second-order valence-electron chi connectivity index (χ2n) is 3.34. The average molecular weight is 314 g/mol. The van der Waals surface area contributed by atoms with E-state index in [0.717, 1.165) is 5.56 Å². The summed E-state index contributed by atoms with van der Waals surface area (Å²) in [6.45, 7) is 1.38. The summed E-state index contributed by atoms with van der Waals surface area (Å²) in [6.07, 6.45) is 0. The summed E-state index contributed by atoms with van der Waals surface area (Å²) in [5, 5.41) is 7.77. The van der Waals surface area contributed by atoms with Crippen molar-refractivity contribution in [3.05, 3.63) is 33.2 Å². The van der Waals surface area contributed by atoms with Gasteiger partial charge in [-0.2, -0.15) is 0 Å². The van der Waals surface area contributed by atoms with Gasteiger partial charge in [-0.15, -0.1) is 10.2 Å². The molecule has 2 aromatic rings. The fourth-order valence-electron chi connectivity index (χ4n) is 1.63. The van der Waals surface area contributed by atoms with Gasteiger partial charge < -0.3 is 9.15 Å². The van der Waals surface area contributed by atoms with E-state index in [2.05, 4.69) is 16.3 Å². The fraction of sp³-hybridized carbons (Fsp3) is 0.200. The van der Waals surface area contributed by atoms with Gasteiger partial charge in [0, 0.05) is 28.2 Å². The number of hydrogen-bond acceptors (Lipinski definition) is 4. The van der Waals surface area contributed by atoms with E-state index in [1.54, 1.807) is 0 Å². The van der Waals surface area contributed by atoms with Crippen LogP contribution < -0.4 is 0 Å². The van der Waals surface area contributed by atoms with Gasteiger partial charge in [-0.3, -0.25) is 0 Å². The maximum absolute atomic E-state index is 5.35. The van der Waals surface area contributed by atoms with Crippen LogP contribution in [0, 0.1) is 3.90 Å². The highest BCUT2D eigenvalue weighted by Crippen LogP contribution is 2.26. The molecule has 0 spiro atoms. The summed E-state index contributed by atoms with van der Waals surface area (Å²) in [7, 11) is 0. The van der Waals surface area contributed by atoms with E-state index in [1.807, 2.05) is 34.7 Å². The molecule has 3 rings (SSSR count). The summed E-state index contributed by atoms with van der Waals surface area (Å²) in [6, 6.07) is 6.08. The molecule has 1 aromatic heterocycles. The Morgan fingerprint density at radius 3 is 2.80 bits per heavy atom. The van der Waals surface area contributed by atoms with Gasteiger partial charge in [-0.1, -0.05) is 6.07 Å². The second-order valence-corrected chi connectivity index (χ2v) is 4.26. The lowest BCUT2D eigenvalue weighted by atomic mass is 10.1. The predicted molar refractivity (Wildman–Crippen MR) is 60.9 cm³/mol. The normalized spacial score (nSPS) is 14.2. The third kappa shape index (κ3) is 1.65. The van der Waals surface area contributed by atoms with Crippen molar-refractivity contribution in [2.45, 2.75) is 13.2 Å². The summed E-state index contributed by atoms with van der Waals surface area (Å²) in [4.78, 5) is 0. The number of nitrogens with zero attached hydrogens (tertiary/aromatic N) is 2. The molecule has 0 aliphatic carbocycles. The van der Waals surface area contributed by atoms with Gasteiger partial charge in [0.15, 0.2) is 0 Å². The first-order valence-electron chi connectivity index (χ1n) is 4.52. The van der Waals surface area contributed by atoms with Gasteiger partial charge in [-0.05, 0) is 23.3 Å². The third-order valence-corrected chi connectivity index (χ3v) is 2.80. The average Bonchev–Trinajstić information content (AvgIpc) is 2.84. The summed E-state index contributed by atoms with van der Waals surface area (Å²) in [5.74, 6) is 0.564. The van der Waals surface area contributed by atoms with Crippen LogP contribution in [0.2, 0.25) is 0 Å². The van der Waals surface area contributed by atoms with Gasteiger partial charge in [0.05, 0.1) is 13.2 Å². The molecule has 1 aliphatic rings. The van der Waals surface area contributed by atoms with E-state index < -0.39 is 0 Å². The van der Waals surface area contributed by atoms with Crippen LogP contribution in [-0.2, 0) is 18.0 Å². The van der Waals surface area contributed by atoms with Gasteiger partial charge in [0.2, 0.25) is 5.89 Å². The number of fused-ring (bicyclic) bond motifs is 1. The number of hydrogen-bond donors (Lipinski definition) is 0. The van der Waals surface area contributed by atoms with Crippen molar-refractivity contribution in [2.75, 3.05) is 0 Å². The summed E-state index contributed by atoms with van der Waals surface area (Å²) < 4.78 is 11.3. The highest BCUT2D eigenvalue weighted by Gasteiger charge is 2.14. The molecule has 76 valence electrons. The molecule has 0 bridgehead atoms. The van der Waals surface area contributed by atoms with Crippen LogP contribution >= 0.6 is 22.6 Å². The van der Waals surface area contributed by atoms with Crippen LogP contribution in [0.15, 0.2) is 22.6 Å². The minimum atomic E-state index is 0.555. The van der Waals surface area contributed by atoms with Gasteiger partial charge >= 0.3 is 0 Å². The lowest BCUT2D eigenvalue weighted by Crippen LogP contribution is -1.84. The molecule has 0 atom stereocenters. The molecular formula is C10H7IN2O2. The zero-order valence-corrected chi connectivity index (χ0v) is 9.89. The van der Waals surface area contributed by atoms with E-state index in [0.29, 0.717) is 23.0 Å². The molecule has 15 heavy (non-hydrogen) atoms. The topological polar surface area (TPSA) is 48.2 Å². The number of rotatable bonds is 1. The second kappa shape index (κ2) is 3.57. The molecule has 0 amide bonds. The van der Waals surface area contributed by atoms with Gasteiger partial charge in [-0.25, -0.2) is 0 Å². The zero-order chi connectivity index (χ0) is 10.3. The molecular weight excluding hydrogens is 307 g/mol. The van der Waals surface area contributed by atoms with E-state index in [-0.39, 0.29) is 0 Å². The van der Waals surface area contributed by atoms with Crippen molar-refractivity contribution in [1.82, 2.24) is 10.2 Å². The quantitative estimate of drug-likeness (QED) is 0.758. The molecule has 0 saturated heterocycles. The Labute approximate surface area is 99.8 Å². The highest BCUT2D eigenvalue weighted by atomic mass is 127. The van der Waals surface area contributed by atoms with E-state index in [9.17, 15) is 0 Å². The molecule has 0 radical (unpaired) electrons. The number of benzene rings is 1. The summed E-state index contributed by atoms with van der Waals surface area (Å²) in [5.41, 5.74) is 3.41. The lowest BCUT2D eigenvalue weighted by Gasteiger charge is -1.98. The Morgan fingerprint density at radius 2 is 2.00 bits per heavy atom. The molecule has 1 aromatic carbocycles. The number of aromatic nitrogens is 2. The standard InChI is InChI=1S/C10H7IN2O2/c11-10-13-12-9(15-10)6-1-2-7-4-14-5-8(7)3-6/h1-3H,4-5H2. The Morgan fingerprint density at radius 1 is 1.13 bits per heavy atom. The summed E-state index contributed by atoms with van der Waals surface area (Å²) >= 11 is 2.00. The lowest BCUT2D eigenvalue weighted by molar-refractivity contribution is 0.134. The predicted octanol–water partition coefficient (Wildman–Crippen LogP) is 2.37. The fourth-order valence-corrected chi connectivity index (χ4v) is 1.94. The van der Waals surface area contributed by atoms with E-state index in [1.165, 1.54) is 11.1 Å². The van der Waals surface area contributed by atoms with Crippen molar-refractivity contribution in [1.29, 1.82) is 0 Å². The van der Waals surface area contributed by atoms with Crippen LogP contribution in [0.1, 0.15) is 11.1 Å². The van der Waals surface area contributed by atoms with Crippen molar-refractivity contribution in [3.8, 4) is 11.5 Å². The Bertz CT molecular complexity index is 510. The largest absolute Gasteiger partial charge is 0.412 e. The van der Waals surface area contributed by atoms with Crippen molar-refractivity contribution >= 4 is 22.6 Å². The molecule has 0 saturated carbocycles. The minimum Gasteiger partial charge on any atom is -0.412 e. The van der Waals surface area contributed by atoms with E-state index in [4.69, 9.17) is 9.15 Å². The molecule has 0 fully saturated rings.